The number of benzene rings is 2. The molecule has 0 atom stereocenters. The van der Waals surface area contributed by atoms with Crippen molar-refractivity contribution in [2.24, 2.45) is 0 Å². The zero-order valence-corrected chi connectivity index (χ0v) is 16.9. The Labute approximate surface area is 173 Å². The minimum absolute atomic E-state index is 0.0563. The van der Waals surface area contributed by atoms with Crippen LogP contribution in [0.5, 0.6) is 0 Å². The summed E-state index contributed by atoms with van der Waals surface area (Å²) in [6, 6.07) is 17.2. The molecule has 0 saturated carbocycles. The standard InChI is InChI=1S/C22H20ClN5O/c1-14-19(12-20(29)24-13-16-6-4-3-5-7-16)15(2)28-22(25-14)26-21(27-28)17-8-10-18(23)11-9-17/h3-11H,12-13H2,1-2H3,(H,24,29). The molecule has 0 spiro atoms. The second kappa shape index (κ2) is 8.01. The number of halogens is 1. The quantitative estimate of drug-likeness (QED) is 0.546. The van der Waals surface area contributed by atoms with Gasteiger partial charge in [-0.15, -0.1) is 5.10 Å². The number of aryl methyl sites for hydroxylation is 2. The summed E-state index contributed by atoms with van der Waals surface area (Å²) in [6.07, 6.45) is 0.240. The number of aromatic nitrogens is 4. The highest BCUT2D eigenvalue weighted by atomic mass is 35.5. The maximum Gasteiger partial charge on any atom is 0.253 e. The molecule has 0 saturated heterocycles. The molecule has 2 aromatic heterocycles. The predicted octanol–water partition coefficient (Wildman–Crippen LogP) is 3.92. The zero-order valence-electron chi connectivity index (χ0n) is 16.2. The molecule has 7 heteroatoms. The molecular weight excluding hydrogens is 386 g/mol. The largest absolute Gasteiger partial charge is 0.352 e. The summed E-state index contributed by atoms with van der Waals surface area (Å²) in [6.45, 7) is 4.32. The number of carbonyl (C=O) groups excluding carboxylic acids is 1. The van der Waals surface area contributed by atoms with Crippen LogP contribution in [0, 0.1) is 13.8 Å². The van der Waals surface area contributed by atoms with Gasteiger partial charge in [0, 0.05) is 34.1 Å². The molecule has 0 unspecified atom stereocenters. The van der Waals surface area contributed by atoms with E-state index in [-0.39, 0.29) is 12.3 Å². The van der Waals surface area contributed by atoms with Crippen LogP contribution in [0.2, 0.25) is 5.02 Å². The lowest BCUT2D eigenvalue weighted by molar-refractivity contribution is -0.120. The lowest BCUT2D eigenvalue weighted by Gasteiger charge is -2.11. The number of rotatable bonds is 5. The van der Waals surface area contributed by atoms with Crippen molar-refractivity contribution in [2.75, 3.05) is 0 Å². The second-order valence-corrected chi connectivity index (χ2v) is 7.29. The van der Waals surface area contributed by atoms with Gasteiger partial charge in [-0.05, 0) is 43.7 Å². The summed E-state index contributed by atoms with van der Waals surface area (Å²) in [5.41, 5.74) is 4.41. The molecule has 0 bridgehead atoms. The number of amides is 1. The Morgan fingerprint density at radius 2 is 1.76 bits per heavy atom. The summed E-state index contributed by atoms with van der Waals surface area (Å²) < 4.78 is 1.69. The fourth-order valence-corrected chi connectivity index (χ4v) is 3.33. The van der Waals surface area contributed by atoms with Gasteiger partial charge in [0.25, 0.3) is 5.78 Å². The van der Waals surface area contributed by atoms with Gasteiger partial charge in [0.2, 0.25) is 5.91 Å². The van der Waals surface area contributed by atoms with E-state index in [1.54, 1.807) is 16.6 Å². The summed E-state index contributed by atoms with van der Waals surface area (Å²) in [7, 11) is 0. The maximum absolute atomic E-state index is 12.5. The van der Waals surface area contributed by atoms with Crippen LogP contribution < -0.4 is 5.32 Å². The molecule has 1 amide bonds. The molecule has 0 aliphatic rings. The van der Waals surface area contributed by atoms with Crippen LogP contribution in [-0.4, -0.2) is 25.5 Å². The van der Waals surface area contributed by atoms with Gasteiger partial charge < -0.3 is 5.32 Å². The zero-order chi connectivity index (χ0) is 20.4. The molecule has 6 nitrogen and oxygen atoms in total. The topological polar surface area (TPSA) is 72.2 Å². The number of hydrogen-bond acceptors (Lipinski definition) is 4. The molecule has 2 aromatic carbocycles. The Hall–Kier alpha value is -3.25. The van der Waals surface area contributed by atoms with E-state index in [0.29, 0.717) is 23.2 Å². The highest BCUT2D eigenvalue weighted by Gasteiger charge is 2.16. The van der Waals surface area contributed by atoms with Crippen LogP contribution in [0.1, 0.15) is 22.5 Å². The highest BCUT2D eigenvalue weighted by molar-refractivity contribution is 6.30. The van der Waals surface area contributed by atoms with Crippen molar-refractivity contribution in [1.82, 2.24) is 24.9 Å². The van der Waals surface area contributed by atoms with Gasteiger partial charge in [-0.25, -0.2) is 9.50 Å². The van der Waals surface area contributed by atoms with Gasteiger partial charge in [-0.1, -0.05) is 41.9 Å². The van der Waals surface area contributed by atoms with Crippen molar-refractivity contribution >= 4 is 23.3 Å². The van der Waals surface area contributed by atoms with Crippen LogP contribution in [0.3, 0.4) is 0 Å². The normalized spacial score (nSPS) is 11.0. The average Bonchev–Trinajstić information content (AvgIpc) is 3.15. The summed E-state index contributed by atoms with van der Waals surface area (Å²) in [4.78, 5) is 21.6. The third-order valence-corrected chi connectivity index (χ3v) is 5.07. The molecular formula is C22H20ClN5O. The molecule has 4 rings (SSSR count). The second-order valence-electron chi connectivity index (χ2n) is 6.85. The Bertz CT molecular complexity index is 1170. The van der Waals surface area contributed by atoms with Gasteiger partial charge in [0.05, 0.1) is 6.42 Å². The van der Waals surface area contributed by atoms with Crippen molar-refractivity contribution in [3.63, 3.8) is 0 Å². The van der Waals surface area contributed by atoms with Gasteiger partial charge in [-0.2, -0.15) is 4.98 Å². The molecule has 146 valence electrons. The monoisotopic (exact) mass is 405 g/mol. The van der Waals surface area contributed by atoms with Crippen LogP contribution >= 0.6 is 11.6 Å². The molecule has 0 aliphatic heterocycles. The van der Waals surface area contributed by atoms with Crippen LogP contribution in [0.15, 0.2) is 54.6 Å². The van der Waals surface area contributed by atoms with E-state index in [4.69, 9.17) is 11.6 Å². The van der Waals surface area contributed by atoms with Crippen molar-refractivity contribution in [1.29, 1.82) is 0 Å². The molecule has 0 radical (unpaired) electrons. The minimum Gasteiger partial charge on any atom is -0.352 e. The van der Waals surface area contributed by atoms with E-state index in [2.05, 4.69) is 20.4 Å². The molecule has 2 heterocycles. The molecule has 4 aromatic rings. The minimum atomic E-state index is -0.0563. The lowest BCUT2D eigenvalue weighted by atomic mass is 10.1. The molecule has 1 N–H and O–H groups in total. The van der Waals surface area contributed by atoms with Gasteiger partial charge >= 0.3 is 0 Å². The summed E-state index contributed by atoms with van der Waals surface area (Å²) >= 11 is 5.96. The van der Waals surface area contributed by atoms with Crippen LogP contribution in [-0.2, 0) is 17.8 Å². The van der Waals surface area contributed by atoms with Gasteiger partial charge in [0.1, 0.15) is 0 Å². The number of fused-ring (bicyclic) bond motifs is 1. The first kappa shape index (κ1) is 19.1. The van der Waals surface area contributed by atoms with E-state index < -0.39 is 0 Å². The van der Waals surface area contributed by atoms with E-state index in [9.17, 15) is 4.79 Å². The Kier molecular flexibility index (Phi) is 5.27. The first-order valence-corrected chi connectivity index (χ1v) is 9.68. The fourth-order valence-electron chi connectivity index (χ4n) is 3.21. The number of nitrogens with zero attached hydrogens (tertiary/aromatic N) is 4. The van der Waals surface area contributed by atoms with E-state index in [1.807, 2.05) is 56.3 Å². The van der Waals surface area contributed by atoms with Crippen molar-refractivity contribution in [2.45, 2.75) is 26.8 Å². The van der Waals surface area contributed by atoms with E-state index >= 15 is 0 Å². The average molecular weight is 406 g/mol. The van der Waals surface area contributed by atoms with Crippen molar-refractivity contribution < 1.29 is 4.79 Å². The smallest absolute Gasteiger partial charge is 0.253 e. The number of hydrogen-bond donors (Lipinski definition) is 1. The molecule has 29 heavy (non-hydrogen) atoms. The SMILES string of the molecule is Cc1nc2nc(-c3ccc(Cl)cc3)nn2c(C)c1CC(=O)NCc1ccccc1. The van der Waals surface area contributed by atoms with E-state index in [1.165, 1.54) is 0 Å². The summed E-state index contributed by atoms with van der Waals surface area (Å²) in [5.74, 6) is 1.03. The number of carbonyl (C=O) groups is 1. The number of nitrogens with one attached hydrogen (secondary N) is 1. The molecule has 0 fully saturated rings. The van der Waals surface area contributed by atoms with E-state index in [0.717, 1.165) is 28.1 Å². The van der Waals surface area contributed by atoms with Gasteiger partial charge in [-0.3, -0.25) is 4.79 Å². The first-order valence-electron chi connectivity index (χ1n) is 9.30. The maximum atomic E-state index is 12.5. The van der Waals surface area contributed by atoms with Gasteiger partial charge in [0.15, 0.2) is 5.82 Å². The Morgan fingerprint density at radius 3 is 2.48 bits per heavy atom. The van der Waals surface area contributed by atoms with Crippen LogP contribution in [0.4, 0.5) is 0 Å². The lowest BCUT2D eigenvalue weighted by Crippen LogP contribution is -2.25. The highest BCUT2D eigenvalue weighted by Crippen LogP contribution is 2.21. The van der Waals surface area contributed by atoms with Crippen LogP contribution in [0.25, 0.3) is 17.2 Å². The first-order chi connectivity index (χ1) is 14.0. The van der Waals surface area contributed by atoms with Crippen molar-refractivity contribution in [3.8, 4) is 11.4 Å². The third-order valence-electron chi connectivity index (χ3n) is 4.82. The Balaban J connectivity index is 1.58. The third kappa shape index (κ3) is 4.12. The fraction of sp³-hybridized carbons (Fsp3) is 0.182. The molecule has 0 aliphatic carbocycles. The Morgan fingerprint density at radius 1 is 1.03 bits per heavy atom. The summed E-state index contributed by atoms with van der Waals surface area (Å²) in [5, 5.41) is 8.20. The predicted molar refractivity (Wildman–Crippen MR) is 113 cm³/mol. The van der Waals surface area contributed by atoms with Crippen molar-refractivity contribution in [3.05, 3.63) is 82.1 Å².